The third-order valence-corrected chi connectivity index (χ3v) is 5.23. The van der Waals surface area contributed by atoms with Crippen LogP contribution in [0.5, 0.6) is 0 Å². The molecule has 1 fully saturated rings. The summed E-state index contributed by atoms with van der Waals surface area (Å²) in [5, 5.41) is 2.95. The fourth-order valence-corrected chi connectivity index (χ4v) is 3.86. The second kappa shape index (κ2) is 6.71. The lowest BCUT2D eigenvalue weighted by molar-refractivity contribution is -0.135. The zero-order chi connectivity index (χ0) is 13.8. The van der Waals surface area contributed by atoms with Crippen LogP contribution in [0.2, 0.25) is 0 Å². The summed E-state index contributed by atoms with van der Waals surface area (Å²) in [6.07, 6.45) is 6.54. The van der Waals surface area contributed by atoms with Crippen LogP contribution >= 0.6 is 22.9 Å². The molecule has 1 aromatic rings. The summed E-state index contributed by atoms with van der Waals surface area (Å²) in [5.41, 5.74) is 0. The van der Waals surface area contributed by atoms with Gasteiger partial charge in [-0.1, -0.05) is 19.8 Å². The Balaban J connectivity index is 2.22. The molecule has 3 atom stereocenters. The maximum absolute atomic E-state index is 12.3. The van der Waals surface area contributed by atoms with Crippen LogP contribution in [-0.4, -0.2) is 27.7 Å². The first-order chi connectivity index (χ1) is 9.15. The van der Waals surface area contributed by atoms with Crippen molar-refractivity contribution in [2.24, 2.45) is 5.92 Å². The molecule has 1 aliphatic rings. The zero-order valence-electron chi connectivity index (χ0n) is 11.5. The summed E-state index contributed by atoms with van der Waals surface area (Å²) in [4.78, 5) is 18.6. The summed E-state index contributed by atoms with van der Waals surface area (Å²) in [6.45, 7) is 4.30. The molecule has 1 saturated carbocycles. The van der Waals surface area contributed by atoms with Crippen LogP contribution in [0, 0.1) is 5.92 Å². The number of carbonyl (C=O) groups excluding carboxylic acids is 1. The number of carbonyl (C=O) groups is 1. The van der Waals surface area contributed by atoms with E-state index in [0.717, 1.165) is 11.4 Å². The van der Waals surface area contributed by atoms with Gasteiger partial charge in [0, 0.05) is 17.6 Å². The van der Waals surface area contributed by atoms with E-state index in [4.69, 9.17) is 11.6 Å². The number of amides is 1. The molecular formula is C14H21ClN2OS. The van der Waals surface area contributed by atoms with Crippen molar-refractivity contribution in [3.05, 3.63) is 16.6 Å². The number of alkyl halides is 1. The molecule has 1 aromatic heterocycles. The van der Waals surface area contributed by atoms with Gasteiger partial charge in [-0.15, -0.1) is 22.9 Å². The lowest BCUT2D eigenvalue weighted by Gasteiger charge is -2.41. The van der Waals surface area contributed by atoms with Crippen molar-refractivity contribution in [1.29, 1.82) is 0 Å². The maximum Gasteiger partial charge on any atom is 0.238 e. The van der Waals surface area contributed by atoms with Gasteiger partial charge in [0.25, 0.3) is 0 Å². The first-order valence-electron chi connectivity index (χ1n) is 6.91. The second-order valence-corrected chi connectivity index (χ2v) is 6.50. The van der Waals surface area contributed by atoms with Gasteiger partial charge in [0.15, 0.2) is 0 Å². The van der Waals surface area contributed by atoms with Gasteiger partial charge in [0.2, 0.25) is 5.91 Å². The molecule has 0 saturated heterocycles. The molecule has 3 unspecified atom stereocenters. The van der Waals surface area contributed by atoms with Gasteiger partial charge >= 0.3 is 0 Å². The highest BCUT2D eigenvalue weighted by atomic mass is 35.5. The van der Waals surface area contributed by atoms with Crippen molar-refractivity contribution in [3.63, 3.8) is 0 Å². The number of aromatic nitrogens is 1. The van der Waals surface area contributed by atoms with E-state index < -0.39 is 0 Å². The molecule has 0 bridgehead atoms. The predicted molar refractivity (Wildman–Crippen MR) is 79.5 cm³/mol. The summed E-state index contributed by atoms with van der Waals surface area (Å²) >= 11 is 7.42. The quantitative estimate of drug-likeness (QED) is 0.791. The van der Waals surface area contributed by atoms with E-state index in [1.807, 2.05) is 10.3 Å². The molecule has 19 heavy (non-hydrogen) atoms. The third kappa shape index (κ3) is 3.29. The molecule has 0 spiro atoms. The Labute approximate surface area is 124 Å². The van der Waals surface area contributed by atoms with Gasteiger partial charge in [-0.3, -0.25) is 4.79 Å². The monoisotopic (exact) mass is 300 g/mol. The van der Waals surface area contributed by atoms with E-state index in [0.29, 0.717) is 12.0 Å². The molecule has 0 aliphatic heterocycles. The molecule has 2 rings (SSSR count). The van der Waals surface area contributed by atoms with Crippen molar-refractivity contribution in [2.45, 2.75) is 51.6 Å². The number of hydrogen-bond donors (Lipinski definition) is 0. The van der Waals surface area contributed by atoms with Crippen LogP contribution in [0.25, 0.3) is 0 Å². The van der Waals surface area contributed by atoms with E-state index in [1.165, 1.54) is 19.3 Å². The van der Waals surface area contributed by atoms with Crippen molar-refractivity contribution in [3.8, 4) is 0 Å². The molecule has 1 heterocycles. The molecule has 1 aliphatic carbocycles. The molecule has 0 aromatic carbocycles. The van der Waals surface area contributed by atoms with Gasteiger partial charge in [-0.2, -0.15) is 0 Å². The molecule has 3 nitrogen and oxygen atoms in total. The SMILES string of the molecule is CC1CCCCC1N(C(=O)CCl)C(C)c1nccs1. The third-order valence-electron chi connectivity index (χ3n) is 4.05. The van der Waals surface area contributed by atoms with Gasteiger partial charge in [0.05, 0.1) is 6.04 Å². The van der Waals surface area contributed by atoms with Crippen LogP contribution < -0.4 is 0 Å². The minimum Gasteiger partial charge on any atom is -0.329 e. The van der Waals surface area contributed by atoms with Gasteiger partial charge in [-0.25, -0.2) is 4.98 Å². The Morgan fingerprint density at radius 1 is 1.58 bits per heavy atom. The number of rotatable bonds is 4. The topological polar surface area (TPSA) is 33.2 Å². The van der Waals surface area contributed by atoms with E-state index in [9.17, 15) is 4.79 Å². The number of thiazole rings is 1. The highest BCUT2D eigenvalue weighted by Gasteiger charge is 2.34. The molecule has 0 radical (unpaired) electrons. The van der Waals surface area contributed by atoms with Crippen LogP contribution in [0.3, 0.4) is 0 Å². The summed E-state index contributed by atoms with van der Waals surface area (Å²) in [6, 6.07) is 0.329. The Kier molecular flexibility index (Phi) is 5.22. The van der Waals surface area contributed by atoms with Gasteiger partial charge in [-0.05, 0) is 25.7 Å². The van der Waals surface area contributed by atoms with Crippen LogP contribution in [-0.2, 0) is 4.79 Å². The lowest BCUT2D eigenvalue weighted by Crippen LogP contribution is -2.47. The highest BCUT2D eigenvalue weighted by Crippen LogP contribution is 2.34. The van der Waals surface area contributed by atoms with Crippen LogP contribution in [0.4, 0.5) is 0 Å². The smallest absolute Gasteiger partial charge is 0.238 e. The van der Waals surface area contributed by atoms with Crippen molar-refractivity contribution >= 4 is 28.8 Å². The summed E-state index contributed by atoms with van der Waals surface area (Å²) in [7, 11) is 0. The average Bonchev–Trinajstić information content (AvgIpc) is 2.94. The summed E-state index contributed by atoms with van der Waals surface area (Å²) < 4.78 is 0. The Morgan fingerprint density at radius 3 is 2.89 bits per heavy atom. The van der Waals surface area contributed by atoms with E-state index in [2.05, 4.69) is 18.8 Å². The number of hydrogen-bond acceptors (Lipinski definition) is 3. The zero-order valence-corrected chi connectivity index (χ0v) is 13.1. The molecule has 0 N–H and O–H groups in total. The van der Waals surface area contributed by atoms with Gasteiger partial charge < -0.3 is 4.90 Å². The largest absolute Gasteiger partial charge is 0.329 e. The first-order valence-corrected chi connectivity index (χ1v) is 8.33. The van der Waals surface area contributed by atoms with Gasteiger partial charge in [0.1, 0.15) is 10.9 Å². The van der Waals surface area contributed by atoms with Crippen molar-refractivity contribution < 1.29 is 4.79 Å². The lowest BCUT2D eigenvalue weighted by atomic mass is 9.84. The normalized spacial score (nSPS) is 25.0. The Hall–Kier alpha value is -0.610. The van der Waals surface area contributed by atoms with E-state index in [-0.39, 0.29) is 17.8 Å². The Morgan fingerprint density at radius 2 is 2.32 bits per heavy atom. The van der Waals surface area contributed by atoms with Crippen molar-refractivity contribution in [2.75, 3.05) is 5.88 Å². The average molecular weight is 301 g/mol. The first kappa shape index (κ1) is 14.8. The van der Waals surface area contributed by atoms with E-state index >= 15 is 0 Å². The second-order valence-electron chi connectivity index (χ2n) is 5.31. The minimum absolute atomic E-state index is 0.0248. The van der Waals surface area contributed by atoms with E-state index in [1.54, 1.807) is 17.5 Å². The van der Waals surface area contributed by atoms with Crippen LogP contribution in [0.15, 0.2) is 11.6 Å². The number of halogens is 1. The molecular weight excluding hydrogens is 280 g/mol. The summed E-state index contributed by atoms with van der Waals surface area (Å²) in [5.74, 6) is 0.630. The van der Waals surface area contributed by atoms with Crippen LogP contribution in [0.1, 0.15) is 50.6 Å². The molecule has 1 amide bonds. The van der Waals surface area contributed by atoms with Crippen molar-refractivity contribution in [1.82, 2.24) is 9.88 Å². The Bertz CT molecular complexity index is 410. The molecule has 5 heteroatoms. The predicted octanol–water partition coefficient (Wildman–Crippen LogP) is 3.85. The highest BCUT2D eigenvalue weighted by molar-refractivity contribution is 7.09. The maximum atomic E-state index is 12.3. The fraction of sp³-hybridized carbons (Fsp3) is 0.714. The standard InChI is InChI=1S/C14H21ClN2OS/c1-10-5-3-4-6-12(10)17(13(18)9-15)11(2)14-16-7-8-19-14/h7-8,10-12H,3-6,9H2,1-2H3. The minimum atomic E-state index is 0.0248. The fourth-order valence-electron chi connectivity index (χ4n) is 3.03. The molecule has 106 valence electrons. The number of nitrogens with zero attached hydrogens (tertiary/aromatic N) is 2.